The molecule has 1 aromatic rings. The van der Waals surface area contributed by atoms with Crippen LogP contribution in [0.1, 0.15) is 25.7 Å². The quantitative estimate of drug-likeness (QED) is 0.863. The Morgan fingerprint density at radius 2 is 1.63 bits per heavy atom. The van der Waals surface area contributed by atoms with Crippen molar-refractivity contribution in [3.8, 4) is 0 Å². The zero-order valence-electron chi connectivity index (χ0n) is 15.6. The van der Waals surface area contributed by atoms with Crippen LogP contribution in [0.4, 0.5) is 10.5 Å². The van der Waals surface area contributed by atoms with Crippen LogP contribution < -0.4 is 10.2 Å². The van der Waals surface area contributed by atoms with Crippen LogP contribution in [0.2, 0.25) is 5.02 Å². The number of hydrogen-bond donors (Lipinski definition) is 1. The van der Waals surface area contributed by atoms with Gasteiger partial charge in [0.05, 0.1) is 5.92 Å². The van der Waals surface area contributed by atoms with E-state index in [-0.39, 0.29) is 17.9 Å². The highest BCUT2D eigenvalue weighted by Gasteiger charge is 2.34. The molecule has 2 aliphatic heterocycles. The van der Waals surface area contributed by atoms with Gasteiger partial charge < -0.3 is 20.0 Å². The molecule has 1 atom stereocenters. The first-order valence-electron chi connectivity index (χ1n) is 9.95. The third-order valence-electron chi connectivity index (χ3n) is 5.75. The van der Waals surface area contributed by atoms with Gasteiger partial charge in [-0.1, -0.05) is 11.6 Å². The van der Waals surface area contributed by atoms with E-state index >= 15 is 0 Å². The second-order valence-electron chi connectivity index (χ2n) is 7.80. The topological polar surface area (TPSA) is 55.9 Å². The number of carbonyl (C=O) groups is 2. The molecule has 1 unspecified atom stereocenters. The number of rotatable bonds is 3. The minimum Gasteiger partial charge on any atom is -0.368 e. The van der Waals surface area contributed by atoms with E-state index in [0.29, 0.717) is 12.6 Å². The number of halogens is 1. The van der Waals surface area contributed by atoms with Crippen LogP contribution in [0, 0.1) is 5.92 Å². The molecule has 0 spiro atoms. The first kappa shape index (κ1) is 18.4. The Kier molecular flexibility index (Phi) is 5.43. The Morgan fingerprint density at radius 1 is 0.926 bits per heavy atom. The Hall–Kier alpha value is -1.95. The summed E-state index contributed by atoms with van der Waals surface area (Å²) in [7, 11) is 0. The summed E-state index contributed by atoms with van der Waals surface area (Å²) in [5.74, 6) is 0.139. The average molecular weight is 391 g/mol. The molecule has 4 rings (SSSR count). The van der Waals surface area contributed by atoms with Crippen molar-refractivity contribution < 1.29 is 9.59 Å². The molecule has 6 nitrogen and oxygen atoms in total. The Balaban J connectivity index is 1.29. The minimum absolute atomic E-state index is 0.00237. The normalized spacial score (nSPS) is 23.3. The van der Waals surface area contributed by atoms with Crippen LogP contribution in [0.25, 0.3) is 0 Å². The zero-order valence-corrected chi connectivity index (χ0v) is 16.3. The third kappa shape index (κ3) is 4.49. The molecule has 3 amide bonds. The van der Waals surface area contributed by atoms with E-state index in [1.54, 1.807) is 0 Å². The van der Waals surface area contributed by atoms with Crippen molar-refractivity contribution in [3.05, 3.63) is 29.3 Å². The molecule has 27 heavy (non-hydrogen) atoms. The van der Waals surface area contributed by atoms with Gasteiger partial charge >= 0.3 is 6.03 Å². The van der Waals surface area contributed by atoms with Gasteiger partial charge in [-0.2, -0.15) is 0 Å². The maximum Gasteiger partial charge on any atom is 0.317 e. The first-order valence-corrected chi connectivity index (χ1v) is 10.3. The van der Waals surface area contributed by atoms with Gasteiger partial charge in [0.15, 0.2) is 0 Å². The molecule has 1 aromatic carbocycles. The molecule has 2 heterocycles. The van der Waals surface area contributed by atoms with Crippen LogP contribution >= 0.6 is 11.6 Å². The van der Waals surface area contributed by atoms with Crippen molar-refractivity contribution in [1.82, 2.24) is 15.1 Å². The fraction of sp³-hybridized carbons (Fsp3) is 0.600. The number of amides is 3. The average Bonchev–Trinajstić information content (AvgIpc) is 3.52. The van der Waals surface area contributed by atoms with Crippen molar-refractivity contribution >= 4 is 29.2 Å². The van der Waals surface area contributed by atoms with Gasteiger partial charge in [0, 0.05) is 56.0 Å². The molecule has 0 aromatic heterocycles. The van der Waals surface area contributed by atoms with Crippen molar-refractivity contribution in [2.24, 2.45) is 5.92 Å². The maximum atomic E-state index is 13.0. The van der Waals surface area contributed by atoms with Gasteiger partial charge in [0.25, 0.3) is 0 Å². The lowest BCUT2D eigenvalue weighted by Crippen LogP contribution is -2.54. The van der Waals surface area contributed by atoms with E-state index in [0.717, 1.165) is 69.1 Å². The number of anilines is 1. The minimum atomic E-state index is -0.0641. The Morgan fingerprint density at radius 3 is 2.30 bits per heavy atom. The standard InChI is InChI=1S/C20H27ClN4O2/c21-16-3-7-18(8-4-16)23-10-12-24(13-11-23)19(26)15-2-1-9-25(14-15)20(27)22-17-5-6-17/h3-4,7-8,15,17H,1-2,5-6,9-14H2,(H,22,27). The molecular formula is C20H27ClN4O2. The van der Waals surface area contributed by atoms with Crippen LogP contribution in [-0.4, -0.2) is 67.0 Å². The summed E-state index contributed by atoms with van der Waals surface area (Å²) in [6.45, 7) is 4.41. The van der Waals surface area contributed by atoms with Gasteiger partial charge in [-0.05, 0) is 49.9 Å². The van der Waals surface area contributed by atoms with E-state index in [2.05, 4.69) is 10.2 Å². The van der Waals surface area contributed by atoms with Gasteiger partial charge in [-0.3, -0.25) is 4.79 Å². The number of hydrogen-bond acceptors (Lipinski definition) is 3. The molecule has 3 fully saturated rings. The second-order valence-corrected chi connectivity index (χ2v) is 8.23. The van der Waals surface area contributed by atoms with Crippen molar-refractivity contribution in [3.63, 3.8) is 0 Å². The van der Waals surface area contributed by atoms with Crippen molar-refractivity contribution in [1.29, 1.82) is 0 Å². The molecule has 7 heteroatoms. The molecule has 1 aliphatic carbocycles. The molecule has 1 saturated carbocycles. The number of benzene rings is 1. The highest BCUT2D eigenvalue weighted by Crippen LogP contribution is 2.24. The SMILES string of the molecule is O=C(NC1CC1)N1CCCC(C(=O)N2CCN(c3ccc(Cl)cc3)CC2)C1. The molecule has 2 saturated heterocycles. The summed E-state index contributed by atoms with van der Waals surface area (Å²) < 4.78 is 0. The summed E-state index contributed by atoms with van der Waals surface area (Å²) in [6.07, 6.45) is 3.95. The van der Waals surface area contributed by atoms with E-state index in [1.165, 1.54) is 0 Å². The number of likely N-dealkylation sites (tertiary alicyclic amines) is 1. The smallest absolute Gasteiger partial charge is 0.317 e. The number of nitrogens with zero attached hydrogens (tertiary/aromatic N) is 3. The molecule has 146 valence electrons. The summed E-state index contributed by atoms with van der Waals surface area (Å²) in [5, 5.41) is 3.77. The number of carbonyl (C=O) groups excluding carboxylic acids is 2. The second kappa shape index (κ2) is 7.97. The fourth-order valence-electron chi connectivity index (χ4n) is 3.95. The fourth-order valence-corrected chi connectivity index (χ4v) is 4.08. The summed E-state index contributed by atoms with van der Waals surface area (Å²) in [4.78, 5) is 31.4. The van der Waals surface area contributed by atoms with Gasteiger partial charge in [0.1, 0.15) is 0 Å². The van der Waals surface area contributed by atoms with Gasteiger partial charge in [-0.15, -0.1) is 0 Å². The van der Waals surface area contributed by atoms with Crippen molar-refractivity contribution in [2.75, 3.05) is 44.2 Å². The maximum absolute atomic E-state index is 13.0. The predicted molar refractivity (Wildman–Crippen MR) is 106 cm³/mol. The zero-order chi connectivity index (χ0) is 18.8. The molecule has 3 aliphatic rings. The summed E-state index contributed by atoms with van der Waals surface area (Å²) >= 11 is 5.96. The third-order valence-corrected chi connectivity index (χ3v) is 6.00. The van der Waals surface area contributed by atoms with Crippen LogP contribution in [0.3, 0.4) is 0 Å². The Labute approximate surface area is 165 Å². The van der Waals surface area contributed by atoms with Crippen LogP contribution in [0.15, 0.2) is 24.3 Å². The van der Waals surface area contributed by atoms with E-state index in [1.807, 2.05) is 34.1 Å². The van der Waals surface area contributed by atoms with E-state index in [9.17, 15) is 9.59 Å². The Bertz CT molecular complexity index is 684. The summed E-state index contributed by atoms with van der Waals surface area (Å²) in [6, 6.07) is 8.21. The lowest BCUT2D eigenvalue weighted by atomic mass is 9.96. The van der Waals surface area contributed by atoms with Crippen LogP contribution in [0.5, 0.6) is 0 Å². The molecule has 0 radical (unpaired) electrons. The molecule has 0 bridgehead atoms. The highest BCUT2D eigenvalue weighted by molar-refractivity contribution is 6.30. The lowest BCUT2D eigenvalue weighted by Gasteiger charge is -2.39. The van der Waals surface area contributed by atoms with Crippen LogP contribution in [-0.2, 0) is 4.79 Å². The number of piperidine rings is 1. The van der Waals surface area contributed by atoms with Gasteiger partial charge in [0.2, 0.25) is 5.91 Å². The predicted octanol–water partition coefficient (Wildman–Crippen LogP) is 2.57. The van der Waals surface area contributed by atoms with E-state index in [4.69, 9.17) is 11.6 Å². The van der Waals surface area contributed by atoms with E-state index < -0.39 is 0 Å². The van der Waals surface area contributed by atoms with Crippen molar-refractivity contribution in [2.45, 2.75) is 31.7 Å². The largest absolute Gasteiger partial charge is 0.368 e. The van der Waals surface area contributed by atoms with Gasteiger partial charge in [-0.25, -0.2) is 4.79 Å². The number of nitrogens with one attached hydrogen (secondary N) is 1. The molecule has 1 N–H and O–H groups in total. The number of urea groups is 1. The monoisotopic (exact) mass is 390 g/mol. The highest BCUT2D eigenvalue weighted by atomic mass is 35.5. The molecular weight excluding hydrogens is 364 g/mol. The first-order chi connectivity index (χ1) is 13.1. The summed E-state index contributed by atoms with van der Waals surface area (Å²) in [5.41, 5.74) is 1.15. The lowest BCUT2D eigenvalue weighted by molar-refractivity contribution is -0.137. The number of piperazine rings is 1.